The summed E-state index contributed by atoms with van der Waals surface area (Å²) >= 11 is 0. The van der Waals surface area contributed by atoms with Crippen LogP contribution >= 0.6 is 0 Å². The Morgan fingerprint density at radius 2 is 1.78 bits per heavy atom. The Bertz CT molecular complexity index is 881. The topological polar surface area (TPSA) is 71.0 Å². The minimum absolute atomic E-state index is 0.188. The molecule has 0 bridgehead atoms. The molecule has 0 unspecified atom stereocenters. The van der Waals surface area contributed by atoms with E-state index in [1.54, 1.807) is 12.1 Å². The van der Waals surface area contributed by atoms with Crippen LogP contribution in [0.3, 0.4) is 0 Å². The average molecular weight is 361 g/mol. The summed E-state index contributed by atoms with van der Waals surface area (Å²) in [4.78, 5) is 18.9. The van der Waals surface area contributed by atoms with Crippen molar-refractivity contribution in [2.24, 2.45) is 0 Å². The molecule has 0 radical (unpaired) electrons. The second-order valence-corrected chi connectivity index (χ2v) is 6.37. The highest BCUT2D eigenvalue weighted by molar-refractivity contribution is 6.03. The summed E-state index contributed by atoms with van der Waals surface area (Å²) in [6, 6.07) is 15.3. The zero-order valence-electron chi connectivity index (χ0n) is 15.6. The van der Waals surface area contributed by atoms with Crippen molar-refractivity contribution in [2.75, 3.05) is 11.9 Å². The summed E-state index contributed by atoms with van der Waals surface area (Å²) < 4.78 is 0. The quantitative estimate of drug-likeness (QED) is 0.698. The van der Waals surface area contributed by atoms with Crippen molar-refractivity contribution in [1.82, 2.24) is 20.1 Å². The first-order valence-electron chi connectivity index (χ1n) is 8.96. The molecule has 27 heavy (non-hydrogen) atoms. The van der Waals surface area contributed by atoms with Crippen LogP contribution in [0.1, 0.15) is 34.1 Å². The lowest BCUT2D eigenvalue weighted by Gasteiger charge is -2.20. The third-order valence-electron chi connectivity index (χ3n) is 4.24. The highest BCUT2D eigenvalue weighted by Gasteiger charge is 2.10. The minimum Gasteiger partial charge on any atom is -0.305 e. The molecule has 0 saturated carbocycles. The Morgan fingerprint density at radius 3 is 2.48 bits per heavy atom. The smallest absolute Gasteiger partial charge is 0.256 e. The van der Waals surface area contributed by atoms with Gasteiger partial charge in [-0.1, -0.05) is 19.1 Å². The predicted octanol–water partition coefficient (Wildman–Crippen LogP) is 3.45. The van der Waals surface area contributed by atoms with E-state index in [1.807, 2.05) is 55.7 Å². The third kappa shape index (κ3) is 5.43. The van der Waals surface area contributed by atoms with E-state index in [0.717, 1.165) is 30.9 Å². The van der Waals surface area contributed by atoms with Crippen LogP contribution in [0.25, 0.3) is 0 Å². The van der Waals surface area contributed by atoms with Crippen LogP contribution in [0.5, 0.6) is 0 Å². The predicted molar refractivity (Wildman–Crippen MR) is 105 cm³/mol. The highest BCUT2D eigenvalue weighted by Crippen LogP contribution is 2.13. The fourth-order valence-corrected chi connectivity index (χ4v) is 2.75. The van der Waals surface area contributed by atoms with Gasteiger partial charge in [0.1, 0.15) is 0 Å². The summed E-state index contributed by atoms with van der Waals surface area (Å²) in [5.41, 5.74) is 3.73. The SMILES string of the molecule is CCN(Cc1ccncc1)Cc1cccc(C(=O)Nc2ccc(C)nn2)c1. The standard InChI is InChI=1S/C21H23N5O/c1-3-26(14-17-9-11-22-12-10-17)15-18-5-4-6-19(13-18)21(27)23-20-8-7-16(2)24-25-20/h4-13H,3,14-15H2,1-2H3,(H,23,25,27). The highest BCUT2D eigenvalue weighted by atomic mass is 16.1. The molecule has 3 rings (SSSR count). The molecule has 6 heteroatoms. The first kappa shape index (κ1) is 18.7. The van der Waals surface area contributed by atoms with Gasteiger partial charge in [0, 0.05) is 31.0 Å². The Kier molecular flexibility index (Phi) is 6.22. The number of carbonyl (C=O) groups excluding carboxylic acids is 1. The molecule has 2 heterocycles. The number of nitrogens with zero attached hydrogens (tertiary/aromatic N) is 4. The molecular formula is C21H23N5O. The van der Waals surface area contributed by atoms with Gasteiger partial charge < -0.3 is 5.32 Å². The Morgan fingerprint density at radius 1 is 1.00 bits per heavy atom. The minimum atomic E-state index is -0.188. The van der Waals surface area contributed by atoms with Gasteiger partial charge in [0.25, 0.3) is 5.91 Å². The van der Waals surface area contributed by atoms with Gasteiger partial charge in [-0.25, -0.2) is 0 Å². The molecule has 2 aromatic heterocycles. The summed E-state index contributed by atoms with van der Waals surface area (Å²) in [7, 11) is 0. The van der Waals surface area contributed by atoms with Crippen LogP contribution in [-0.4, -0.2) is 32.5 Å². The molecular weight excluding hydrogens is 338 g/mol. The van der Waals surface area contributed by atoms with Gasteiger partial charge in [0.15, 0.2) is 5.82 Å². The maximum Gasteiger partial charge on any atom is 0.256 e. The number of carbonyl (C=O) groups is 1. The molecule has 3 aromatic rings. The van der Waals surface area contributed by atoms with Crippen molar-refractivity contribution in [1.29, 1.82) is 0 Å². The Labute approximate surface area is 159 Å². The van der Waals surface area contributed by atoms with E-state index in [2.05, 4.69) is 32.3 Å². The molecule has 0 aliphatic heterocycles. The first-order chi connectivity index (χ1) is 13.1. The largest absolute Gasteiger partial charge is 0.305 e. The first-order valence-corrected chi connectivity index (χ1v) is 8.96. The van der Waals surface area contributed by atoms with Gasteiger partial charge in [-0.05, 0) is 61.0 Å². The maximum absolute atomic E-state index is 12.5. The molecule has 0 aliphatic rings. The normalized spacial score (nSPS) is 10.8. The lowest BCUT2D eigenvalue weighted by Crippen LogP contribution is -2.22. The number of amides is 1. The van der Waals surface area contributed by atoms with Crippen LogP contribution in [-0.2, 0) is 13.1 Å². The Balaban J connectivity index is 1.66. The number of aromatic nitrogens is 3. The second kappa shape index (κ2) is 9.00. The van der Waals surface area contributed by atoms with E-state index in [4.69, 9.17) is 0 Å². The molecule has 0 saturated heterocycles. The lowest BCUT2D eigenvalue weighted by atomic mass is 10.1. The number of anilines is 1. The fourth-order valence-electron chi connectivity index (χ4n) is 2.75. The van der Waals surface area contributed by atoms with E-state index in [0.29, 0.717) is 11.4 Å². The number of hydrogen-bond donors (Lipinski definition) is 1. The molecule has 0 spiro atoms. The molecule has 1 amide bonds. The number of hydrogen-bond acceptors (Lipinski definition) is 5. The zero-order chi connectivity index (χ0) is 19.1. The zero-order valence-corrected chi connectivity index (χ0v) is 15.6. The van der Waals surface area contributed by atoms with Crippen LogP contribution < -0.4 is 5.32 Å². The van der Waals surface area contributed by atoms with Crippen molar-refractivity contribution in [3.63, 3.8) is 0 Å². The number of benzene rings is 1. The monoisotopic (exact) mass is 361 g/mol. The molecule has 6 nitrogen and oxygen atoms in total. The van der Waals surface area contributed by atoms with Crippen molar-refractivity contribution < 1.29 is 4.79 Å². The molecule has 138 valence electrons. The summed E-state index contributed by atoms with van der Waals surface area (Å²) in [6.45, 7) is 6.51. The summed E-state index contributed by atoms with van der Waals surface area (Å²) in [6.07, 6.45) is 3.62. The number of pyridine rings is 1. The van der Waals surface area contributed by atoms with Crippen molar-refractivity contribution in [3.8, 4) is 0 Å². The van der Waals surface area contributed by atoms with Gasteiger partial charge in [0.2, 0.25) is 0 Å². The van der Waals surface area contributed by atoms with Gasteiger partial charge in [-0.15, -0.1) is 5.10 Å². The van der Waals surface area contributed by atoms with Crippen molar-refractivity contribution in [3.05, 3.63) is 83.3 Å². The molecule has 0 atom stereocenters. The van der Waals surface area contributed by atoms with Crippen LogP contribution in [0.2, 0.25) is 0 Å². The van der Waals surface area contributed by atoms with Gasteiger partial charge in [-0.3, -0.25) is 14.7 Å². The fraction of sp³-hybridized carbons (Fsp3) is 0.238. The van der Waals surface area contributed by atoms with Crippen molar-refractivity contribution >= 4 is 11.7 Å². The van der Waals surface area contributed by atoms with Gasteiger partial charge in [0.05, 0.1) is 5.69 Å². The number of rotatable bonds is 7. The maximum atomic E-state index is 12.5. The number of aryl methyl sites for hydroxylation is 1. The summed E-state index contributed by atoms with van der Waals surface area (Å²) in [5.74, 6) is 0.260. The average Bonchev–Trinajstić information content (AvgIpc) is 2.70. The van der Waals surface area contributed by atoms with Gasteiger partial charge >= 0.3 is 0 Å². The van der Waals surface area contributed by atoms with E-state index in [1.165, 1.54) is 5.56 Å². The van der Waals surface area contributed by atoms with Crippen LogP contribution in [0, 0.1) is 6.92 Å². The van der Waals surface area contributed by atoms with E-state index >= 15 is 0 Å². The van der Waals surface area contributed by atoms with E-state index in [-0.39, 0.29) is 5.91 Å². The molecule has 0 aliphatic carbocycles. The molecule has 0 fully saturated rings. The second-order valence-electron chi connectivity index (χ2n) is 6.37. The Hall–Kier alpha value is -3.12. The van der Waals surface area contributed by atoms with Gasteiger partial charge in [-0.2, -0.15) is 5.10 Å². The number of nitrogens with one attached hydrogen (secondary N) is 1. The van der Waals surface area contributed by atoms with Crippen LogP contribution in [0.4, 0.5) is 5.82 Å². The van der Waals surface area contributed by atoms with Crippen LogP contribution in [0.15, 0.2) is 60.9 Å². The van der Waals surface area contributed by atoms with E-state index in [9.17, 15) is 4.79 Å². The third-order valence-corrected chi connectivity index (χ3v) is 4.24. The molecule has 1 N–H and O–H groups in total. The summed E-state index contributed by atoms with van der Waals surface area (Å²) in [5, 5.41) is 10.7. The van der Waals surface area contributed by atoms with E-state index < -0.39 is 0 Å². The lowest BCUT2D eigenvalue weighted by molar-refractivity contribution is 0.102. The van der Waals surface area contributed by atoms with Crippen molar-refractivity contribution in [2.45, 2.75) is 26.9 Å². The molecule has 1 aromatic carbocycles.